The van der Waals surface area contributed by atoms with E-state index >= 15 is 0 Å². The summed E-state index contributed by atoms with van der Waals surface area (Å²) in [5.74, 6) is -0.866. The van der Waals surface area contributed by atoms with Gasteiger partial charge in [-0.25, -0.2) is 4.57 Å². The van der Waals surface area contributed by atoms with Crippen molar-refractivity contribution in [2.24, 2.45) is 7.05 Å². The van der Waals surface area contributed by atoms with Crippen molar-refractivity contribution < 1.29 is 19.0 Å². The Morgan fingerprint density at radius 3 is 2.35 bits per heavy atom. The van der Waals surface area contributed by atoms with Crippen LogP contribution in [0.3, 0.4) is 0 Å². The first-order chi connectivity index (χ1) is 11.1. The molecule has 1 aliphatic rings. The Hall–Kier alpha value is -3.02. The van der Waals surface area contributed by atoms with E-state index in [0.29, 0.717) is 16.7 Å². The number of benzene rings is 1. The average Bonchev–Trinajstić information content (AvgIpc) is 2.80. The highest BCUT2D eigenvalue weighted by molar-refractivity contribution is 6.21. The van der Waals surface area contributed by atoms with E-state index in [9.17, 15) is 14.4 Å². The smallest absolute Gasteiger partial charge is 0.261 e. The van der Waals surface area contributed by atoms with Gasteiger partial charge in [-0.15, -0.1) is 0 Å². The van der Waals surface area contributed by atoms with Gasteiger partial charge in [-0.2, -0.15) is 0 Å². The molecule has 3 rings (SSSR count). The normalized spacial score (nSPS) is 13.2. The van der Waals surface area contributed by atoms with Crippen LogP contribution >= 0.6 is 0 Å². The number of fused-ring (bicyclic) bond motifs is 1. The minimum absolute atomic E-state index is 0.150. The first-order valence-electron chi connectivity index (χ1n) is 7.26. The highest BCUT2D eigenvalue weighted by Crippen LogP contribution is 2.21. The van der Waals surface area contributed by atoms with Crippen LogP contribution in [0.1, 0.15) is 31.1 Å². The molecule has 0 saturated carbocycles. The molecule has 1 N–H and O–H groups in total. The largest absolute Gasteiger partial charge is 0.350 e. The van der Waals surface area contributed by atoms with Gasteiger partial charge in [0.15, 0.2) is 12.4 Å². The number of carbonyl (C=O) groups is 3. The summed E-state index contributed by atoms with van der Waals surface area (Å²) in [4.78, 5) is 37.6. The molecular formula is C17H16N3O3+. The maximum absolute atomic E-state index is 12.2. The molecular weight excluding hydrogens is 294 g/mol. The summed E-state index contributed by atoms with van der Waals surface area (Å²) < 4.78 is 1.78. The number of carbonyl (C=O) groups excluding carboxylic acids is 3. The fraction of sp³-hybridized carbons (Fsp3) is 0.176. The van der Waals surface area contributed by atoms with Crippen LogP contribution in [-0.4, -0.2) is 35.7 Å². The van der Waals surface area contributed by atoms with Gasteiger partial charge in [-0.3, -0.25) is 19.3 Å². The second-order valence-electron chi connectivity index (χ2n) is 5.32. The van der Waals surface area contributed by atoms with Crippen LogP contribution in [0.5, 0.6) is 0 Å². The Balaban J connectivity index is 1.61. The molecule has 0 atom stereocenters. The van der Waals surface area contributed by atoms with Crippen LogP contribution < -0.4 is 9.88 Å². The Morgan fingerprint density at radius 1 is 1.09 bits per heavy atom. The third-order valence-electron chi connectivity index (χ3n) is 3.70. The Morgan fingerprint density at radius 2 is 1.74 bits per heavy atom. The van der Waals surface area contributed by atoms with Crippen LogP contribution in [0.25, 0.3) is 0 Å². The van der Waals surface area contributed by atoms with Gasteiger partial charge in [-0.05, 0) is 18.2 Å². The van der Waals surface area contributed by atoms with E-state index in [1.165, 1.54) is 0 Å². The van der Waals surface area contributed by atoms with Gasteiger partial charge in [0.25, 0.3) is 17.7 Å². The molecule has 1 aromatic heterocycles. The summed E-state index contributed by atoms with van der Waals surface area (Å²) in [6.45, 7) is 0.361. The highest BCUT2D eigenvalue weighted by Gasteiger charge is 2.34. The molecule has 0 saturated heterocycles. The molecule has 2 aromatic rings. The summed E-state index contributed by atoms with van der Waals surface area (Å²) in [5.41, 5.74) is 1.36. The monoisotopic (exact) mass is 310 g/mol. The van der Waals surface area contributed by atoms with Crippen LogP contribution in [-0.2, 0) is 7.05 Å². The molecule has 1 aliphatic heterocycles. The second-order valence-corrected chi connectivity index (χ2v) is 5.32. The molecule has 2 heterocycles. The van der Waals surface area contributed by atoms with E-state index in [1.54, 1.807) is 47.2 Å². The molecule has 6 nitrogen and oxygen atoms in total. The number of amides is 3. The van der Waals surface area contributed by atoms with Crippen molar-refractivity contribution in [3.05, 3.63) is 65.5 Å². The first kappa shape index (κ1) is 14.9. The van der Waals surface area contributed by atoms with Gasteiger partial charge in [0.2, 0.25) is 0 Å². The molecule has 0 aliphatic carbocycles. The van der Waals surface area contributed by atoms with Gasteiger partial charge in [0.1, 0.15) is 12.6 Å². The van der Waals surface area contributed by atoms with E-state index in [1.807, 2.05) is 13.2 Å². The van der Waals surface area contributed by atoms with Gasteiger partial charge < -0.3 is 5.32 Å². The minimum Gasteiger partial charge on any atom is -0.350 e. The van der Waals surface area contributed by atoms with Crippen molar-refractivity contribution in [3.63, 3.8) is 0 Å². The quantitative estimate of drug-likeness (QED) is 0.662. The summed E-state index contributed by atoms with van der Waals surface area (Å²) in [6, 6.07) is 10.2. The molecule has 3 amide bonds. The predicted octanol–water partition coefficient (Wildman–Crippen LogP) is 0.537. The van der Waals surface area contributed by atoms with Crippen LogP contribution in [0.2, 0.25) is 0 Å². The molecule has 116 valence electrons. The van der Waals surface area contributed by atoms with E-state index in [4.69, 9.17) is 0 Å². The second kappa shape index (κ2) is 6.00. The summed E-state index contributed by atoms with van der Waals surface area (Å²) in [6.07, 6.45) is 3.53. The zero-order chi connectivity index (χ0) is 16.4. The molecule has 6 heteroatoms. The number of nitrogens with one attached hydrogen (secondary N) is 1. The maximum Gasteiger partial charge on any atom is 0.261 e. The average molecular weight is 310 g/mol. The van der Waals surface area contributed by atoms with Gasteiger partial charge >= 0.3 is 0 Å². The highest BCUT2D eigenvalue weighted by atomic mass is 16.2. The van der Waals surface area contributed by atoms with Crippen molar-refractivity contribution >= 4 is 17.7 Å². The SMILES string of the molecule is C[n+]1cccc(C(=O)NCCN2C(=O)c3ccccc3C2=O)c1. The lowest BCUT2D eigenvalue weighted by atomic mass is 10.1. The predicted molar refractivity (Wildman–Crippen MR) is 81.8 cm³/mol. The van der Waals surface area contributed by atoms with Gasteiger partial charge in [0, 0.05) is 19.2 Å². The van der Waals surface area contributed by atoms with E-state index in [-0.39, 0.29) is 30.8 Å². The lowest BCUT2D eigenvalue weighted by Crippen LogP contribution is -2.38. The number of hydrogen-bond donors (Lipinski definition) is 1. The third-order valence-corrected chi connectivity index (χ3v) is 3.70. The number of aromatic nitrogens is 1. The molecule has 0 fully saturated rings. The Labute approximate surface area is 133 Å². The van der Waals surface area contributed by atoms with Crippen LogP contribution in [0.4, 0.5) is 0 Å². The van der Waals surface area contributed by atoms with E-state index in [0.717, 1.165) is 4.90 Å². The third kappa shape index (κ3) is 2.83. The lowest BCUT2D eigenvalue weighted by molar-refractivity contribution is -0.671. The van der Waals surface area contributed by atoms with E-state index in [2.05, 4.69) is 5.32 Å². The van der Waals surface area contributed by atoms with Crippen molar-refractivity contribution in [1.29, 1.82) is 0 Å². The van der Waals surface area contributed by atoms with Crippen molar-refractivity contribution in [2.75, 3.05) is 13.1 Å². The van der Waals surface area contributed by atoms with Crippen molar-refractivity contribution in [2.45, 2.75) is 0 Å². The number of hydrogen-bond acceptors (Lipinski definition) is 3. The fourth-order valence-corrected chi connectivity index (χ4v) is 2.55. The van der Waals surface area contributed by atoms with Gasteiger partial charge in [0.05, 0.1) is 11.1 Å². The molecule has 0 bridgehead atoms. The molecule has 23 heavy (non-hydrogen) atoms. The molecule has 0 radical (unpaired) electrons. The van der Waals surface area contributed by atoms with Crippen LogP contribution in [0, 0.1) is 0 Å². The zero-order valence-electron chi connectivity index (χ0n) is 12.7. The number of rotatable bonds is 4. The first-order valence-corrected chi connectivity index (χ1v) is 7.26. The zero-order valence-corrected chi connectivity index (χ0v) is 12.7. The number of aryl methyl sites for hydroxylation is 1. The number of imide groups is 1. The standard InChI is InChI=1S/C17H15N3O3/c1-19-9-4-5-12(11-19)15(21)18-8-10-20-16(22)13-6-2-3-7-14(13)17(20)23/h2-7,9,11H,8,10H2,1H3/p+1. The summed E-state index contributed by atoms with van der Waals surface area (Å²) in [7, 11) is 1.83. The molecule has 1 aromatic carbocycles. The Bertz CT molecular complexity index is 766. The van der Waals surface area contributed by atoms with Crippen LogP contribution in [0.15, 0.2) is 48.8 Å². The van der Waals surface area contributed by atoms with E-state index < -0.39 is 0 Å². The van der Waals surface area contributed by atoms with Crippen molar-refractivity contribution in [3.8, 4) is 0 Å². The number of pyridine rings is 1. The fourth-order valence-electron chi connectivity index (χ4n) is 2.55. The van der Waals surface area contributed by atoms with Crippen molar-refractivity contribution in [1.82, 2.24) is 10.2 Å². The lowest BCUT2D eigenvalue weighted by Gasteiger charge is -2.14. The number of nitrogens with zero attached hydrogens (tertiary/aromatic N) is 2. The summed E-state index contributed by atoms with van der Waals surface area (Å²) >= 11 is 0. The summed E-state index contributed by atoms with van der Waals surface area (Å²) in [5, 5.41) is 2.72. The molecule has 0 spiro atoms. The Kier molecular flexibility index (Phi) is 3.89. The maximum atomic E-state index is 12.2. The minimum atomic E-state index is -0.314. The topological polar surface area (TPSA) is 70.4 Å². The van der Waals surface area contributed by atoms with Gasteiger partial charge in [-0.1, -0.05) is 12.1 Å². The molecule has 0 unspecified atom stereocenters.